The number of carbonyl (C=O) groups is 1. The van der Waals surface area contributed by atoms with Gasteiger partial charge in [-0.15, -0.1) is 0 Å². The van der Waals surface area contributed by atoms with Gasteiger partial charge < -0.3 is 0 Å². The molecule has 2 nitrogen and oxygen atoms in total. The Morgan fingerprint density at radius 2 is 2.00 bits per heavy atom. The zero-order chi connectivity index (χ0) is 11.6. The number of nitrogens with zero attached hydrogens (tertiary/aromatic N) is 1. The summed E-state index contributed by atoms with van der Waals surface area (Å²) in [4.78, 5) is 14.1. The number of piperidine rings is 1. The molecule has 0 bridgehead atoms. The monoisotopic (exact) mass is 211 g/mol. The molecule has 0 spiro atoms. The van der Waals surface area contributed by atoms with Gasteiger partial charge in [-0.3, -0.25) is 9.69 Å². The van der Waals surface area contributed by atoms with Crippen molar-refractivity contribution in [1.82, 2.24) is 4.90 Å². The topological polar surface area (TPSA) is 20.3 Å². The second kappa shape index (κ2) is 5.11. The third-order valence-electron chi connectivity index (χ3n) is 3.98. The van der Waals surface area contributed by atoms with Crippen LogP contribution >= 0.6 is 0 Å². The number of likely N-dealkylation sites (tertiary alicyclic amines) is 1. The largest absolute Gasteiger partial charge is 0.299 e. The Kier molecular flexibility index (Phi) is 4.32. The van der Waals surface area contributed by atoms with E-state index in [9.17, 15) is 4.79 Å². The van der Waals surface area contributed by atoms with Gasteiger partial charge >= 0.3 is 0 Å². The fourth-order valence-corrected chi connectivity index (χ4v) is 2.78. The third-order valence-corrected chi connectivity index (χ3v) is 3.98. The van der Waals surface area contributed by atoms with Gasteiger partial charge in [0.15, 0.2) is 0 Å². The van der Waals surface area contributed by atoms with Crippen molar-refractivity contribution in [2.75, 3.05) is 6.54 Å². The van der Waals surface area contributed by atoms with Gasteiger partial charge in [-0.1, -0.05) is 27.7 Å². The van der Waals surface area contributed by atoms with E-state index in [1.807, 2.05) is 0 Å². The van der Waals surface area contributed by atoms with Gasteiger partial charge in [0.1, 0.15) is 5.78 Å². The Balaban J connectivity index is 2.73. The van der Waals surface area contributed by atoms with E-state index in [4.69, 9.17) is 0 Å². The minimum absolute atomic E-state index is 0.214. The minimum Gasteiger partial charge on any atom is -0.299 e. The van der Waals surface area contributed by atoms with E-state index in [0.717, 1.165) is 13.0 Å². The SMILES string of the molecule is CCC(C(C)C)N1CCC(=O)C(C)C1C. The number of Topliss-reactive ketones (excluding diaryl/α,β-unsaturated/α-hetero) is 1. The molecule has 0 N–H and O–H groups in total. The molecule has 0 aromatic rings. The molecule has 1 aliphatic rings. The molecule has 1 heterocycles. The van der Waals surface area contributed by atoms with Crippen molar-refractivity contribution in [2.45, 2.75) is 59.5 Å². The smallest absolute Gasteiger partial charge is 0.138 e. The van der Waals surface area contributed by atoms with Crippen molar-refractivity contribution in [1.29, 1.82) is 0 Å². The summed E-state index contributed by atoms with van der Waals surface area (Å²) in [6, 6.07) is 1.05. The lowest BCUT2D eigenvalue weighted by Gasteiger charge is -2.43. The fourth-order valence-electron chi connectivity index (χ4n) is 2.78. The summed E-state index contributed by atoms with van der Waals surface area (Å²) in [6.07, 6.45) is 1.93. The molecule has 0 saturated carbocycles. The summed E-state index contributed by atoms with van der Waals surface area (Å²) in [6.45, 7) is 12.0. The molecular formula is C13H25NO. The second-order valence-electron chi connectivity index (χ2n) is 5.20. The molecule has 0 aliphatic carbocycles. The lowest BCUT2D eigenvalue weighted by Crippen LogP contribution is -2.52. The first-order valence-corrected chi connectivity index (χ1v) is 6.27. The number of hydrogen-bond donors (Lipinski definition) is 0. The van der Waals surface area contributed by atoms with Crippen LogP contribution in [0.2, 0.25) is 0 Å². The molecule has 0 radical (unpaired) electrons. The quantitative estimate of drug-likeness (QED) is 0.715. The van der Waals surface area contributed by atoms with Gasteiger partial charge in [-0.25, -0.2) is 0 Å². The van der Waals surface area contributed by atoms with Crippen LogP contribution in [0.1, 0.15) is 47.5 Å². The molecule has 88 valence electrons. The van der Waals surface area contributed by atoms with Crippen LogP contribution in [0.5, 0.6) is 0 Å². The molecule has 1 saturated heterocycles. The Morgan fingerprint density at radius 1 is 1.40 bits per heavy atom. The number of rotatable bonds is 3. The van der Waals surface area contributed by atoms with Crippen LogP contribution < -0.4 is 0 Å². The first-order chi connectivity index (χ1) is 6.99. The first-order valence-electron chi connectivity index (χ1n) is 6.27. The van der Waals surface area contributed by atoms with Crippen molar-refractivity contribution in [3.8, 4) is 0 Å². The van der Waals surface area contributed by atoms with Crippen LogP contribution in [0.25, 0.3) is 0 Å². The molecule has 1 fully saturated rings. The first kappa shape index (κ1) is 12.7. The van der Waals surface area contributed by atoms with E-state index in [1.165, 1.54) is 6.42 Å². The van der Waals surface area contributed by atoms with Crippen molar-refractivity contribution >= 4 is 5.78 Å². The summed E-state index contributed by atoms with van der Waals surface area (Å²) in [5.74, 6) is 1.33. The third kappa shape index (κ3) is 2.60. The zero-order valence-corrected chi connectivity index (χ0v) is 10.8. The number of ketones is 1. The molecule has 2 heteroatoms. The molecule has 3 unspecified atom stereocenters. The van der Waals surface area contributed by atoms with E-state index in [-0.39, 0.29) is 5.92 Å². The number of carbonyl (C=O) groups excluding carboxylic acids is 1. The Morgan fingerprint density at radius 3 is 2.47 bits per heavy atom. The summed E-state index contributed by atoms with van der Waals surface area (Å²) < 4.78 is 0. The molecule has 0 aromatic heterocycles. The number of hydrogen-bond acceptors (Lipinski definition) is 2. The van der Waals surface area contributed by atoms with Crippen molar-refractivity contribution in [2.24, 2.45) is 11.8 Å². The minimum atomic E-state index is 0.214. The van der Waals surface area contributed by atoms with E-state index >= 15 is 0 Å². The van der Waals surface area contributed by atoms with Gasteiger partial charge in [0.2, 0.25) is 0 Å². The summed E-state index contributed by atoms with van der Waals surface area (Å²) in [5, 5.41) is 0. The summed E-state index contributed by atoms with van der Waals surface area (Å²) >= 11 is 0. The van der Waals surface area contributed by atoms with Crippen LogP contribution in [-0.4, -0.2) is 29.3 Å². The highest BCUT2D eigenvalue weighted by atomic mass is 16.1. The molecule has 3 atom stereocenters. The van der Waals surface area contributed by atoms with Gasteiger partial charge in [-0.2, -0.15) is 0 Å². The van der Waals surface area contributed by atoms with E-state index < -0.39 is 0 Å². The molecule has 0 aromatic carbocycles. The second-order valence-corrected chi connectivity index (χ2v) is 5.20. The Labute approximate surface area is 94.0 Å². The molecule has 1 rings (SSSR count). The highest BCUT2D eigenvalue weighted by Crippen LogP contribution is 2.26. The highest BCUT2D eigenvalue weighted by molar-refractivity contribution is 5.82. The van der Waals surface area contributed by atoms with Gasteiger partial charge in [-0.05, 0) is 19.3 Å². The Bertz CT molecular complexity index is 225. The lowest BCUT2D eigenvalue weighted by atomic mass is 9.87. The van der Waals surface area contributed by atoms with Crippen molar-refractivity contribution in [3.05, 3.63) is 0 Å². The lowest BCUT2D eigenvalue weighted by molar-refractivity contribution is -0.129. The van der Waals surface area contributed by atoms with Crippen molar-refractivity contribution in [3.63, 3.8) is 0 Å². The molecule has 15 heavy (non-hydrogen) atoms. The average molecular weight is 211 g/mol. The van der Waals surface area contributed by atoms with Crippen LogP contribution in [0, 0.1) is 11.8 Å². The van der Waals surface area contributed by atoms with Gasteiger partial charge in [0.05, 0.1) is 0 Å². The van der Waals surface area contributed by atoms with Crippen LogP contribution in [-0.2, 0) is 4.79 Å². The average Bonchev–Trinajstić information content (AvgIpc) is 2.18. The normalized spacial score (nSPS) is 30.9. The Hall–Kier alpha value is -0.370. The van der Waals surface area contributed by atoms with Crippen LogP contribution in [0.15, 0.2) is 0 Å². The predicted molar refractivity (Wildman–Crippen MR) is 63.9 cm³/mol. The summed E-state index contributed by atoms with van der Waals surface area (Å²) in [7, 11) is 0. The zero-order valence-electron chi connectivity index (χ0n) is 10.8. The van der Waals surface area contributed by atoms with Crippen molar-refractivity contribution < 1.29 is 4.79 Å². The van der Waals surface area contributed by atoms with Crippen LogP contribution in [0.3, 0.4) is 0 Å². The van der Waals surface area contributed by atoms with Gasteiger partial charge in [0, 0.05) is 31.0 Å². The molecule has 1 aliphatic heterocycles. The highest BCUT2D eigenvalue weighted by Gasteiger charge is 2.34. The predicted octanol–water partition coefficient (Wildman–Crippen LogP) is 2.72. The maximum Gasteiger partial charge on any atom is 0.138 e. The maximum atomic E-state index is 11.6. The maximum absolute atomic E-state index is 11.6. The summed E-state index contributed by atoms with van der Waals surface area (Å²) in [5.41, 5.74) is 0. The molecule has 0 amide bonds. The van der Waals surface area contributed by atoms with Crippen LogP contribution in [0.4, 0.5) is 0 Å². The fraction of sp³-hybridized carbons (Fsp3) is 0.923. The standard InChI is InChI=1S/C13H25NO/c1-6-12(9(2)3)14-8-7-13(15)10(4)11(14)5/h9-12H,6-8H2,1-5H3. The molecular weight excluding hydrogens is 186 g/mol. The van der Waals surface area contributed by atoms with E-state index in [0.29, 0.717) is 23.8 Å². The van der Waals surface area contributed by atoms with Gasteiger partial charge in [0.25, 0.3) is 0 Å². The van der Waals surface area contributed by atoms with E-state index in [1.54, 1.807) is 0 Å². The van der Waals surface area contributed by atoms with E-state index in [2.05, 4.69) is 39.5 Å².